The van der Waals surface area contributed by atoms with Crippen LogP contribution in [-0.2, 0) is 0 Å². The van der Waals surface area contributed by atoms with Crippen molar-refractivity contribution in [2.45, 2.75) is 18.9 Å². The second-order valence-electron chi connectivity index (χ2n) is 6.29. The number of para-hydroxylation sites is 2. The van der Waals surface area contributed by atoms with Gasteiger partial charge < -0.3 is 9.64 Å². The number of benzene rings is 2. The van der Waals surface area contributed by atoms with Gasteiger partial charge in [-0.05, 0) is 40.2 Å². The maximum atomic E-state index is 12.7. The minimum absolute atomic E-state index is 0.0497. The number of amides is 1. The van der Waals surface area contributed by atoms with E-state index in [4.69, 9.17) is 4.74 Å². The number of carbonyl (C=O) groups excluding carboxylic acids is 1. The fraction of sp³-hybridized carbons (Fsp3) is 0.250. The van der Waals surface area contributed by atoms with Crippen molar-refractivity contribution < 1.29 is 9.53 Å². The Kier molecular flexibility index (Phi) is 4.84. The third kappa shape index (κ3) is 3.55. The van der Waals surface area contributed by atoms with Crippen LogP contribution in [0.15, 0.2) is 59.2 Å². The third-order valence-electron chi connectivity index (χ3n) is 4.55. The van der Waals surface area contributed by atoms with Crippen molar-refractivity contribution in [3.05, 3.63) is 64.8 Å². The van der Waals surface area contributed by atoms with Gasteiger partial charge in [0.25, 0.3) is 5.91 Å². The Labute approximate surface area is 160 Å². The highest BCUT2D eigenvalue weighted by Crippen LogP contribution is 2.22. The molecule has 1 aliphatic rings. The number of fused-ring (bicyclic) bond motifs is 1. The van der Waals surface area contributed by atoms with Crippen LogP contribution in [0.2, 0.25) is 0 Å². The van der Waals surface area contributed by atoms with Crippen LogP contribution < -0.4 is 4.74 Å². The number of carbonyl (C=O) groups is 1. The monoisotopic (exact) mass is 411 g/mol. The molecule has 0 radical (unpaired) electrons. The van der Waals surface area contributed by atoms with Crippen LogP contribution in [0.5, 0.6) is 5.88 Å². The third-order valence-corrected chi connectivity index (χ3v) is 5.24. The molecular formula is C20H18BrN3O2. The highest BCUT2D eigenvalue weighted by Gasteiger charge is 2.26. The zero-order valence-corrected chi connectivity index (χ0v) is 15.7. The van der Waals surface area contributed by atoms with Crippen molar-refractivity contribution in [3.8, 4) is 5.88 Å². The van der Waals surface area contributed by atoms with Crippen LogP contribution in [0.3, 0.4) is 0 Å². The smallest absolute Gasteiger partial charge is 0.255 e. The Morgan fingerprint density at radius 1 is 1.04 bits per heavy atom. The molecule has 0 bridgehead atoms. The van der Waals surface area contributed by atoms with Crippen LogP contribution in [0.25, 0.3) is 11.0 Å². The average molecular weight is 412 g/mol. The molecule has 132 valence electrons. The van der Waals surface area contributed by atoms with Gasteiger partial charge in [0.15, 0.2) is 0 Å². The summed E-state index contributed by atoms with van der Waals surface area (Å²) in [5, 5.41) is 0. The van der Waals surface area contributed by atoms with Crippen molar-refractivity contribution in [2.24, 2.45) is 0 Å². The maximum Gasteiger partial charge on any atom is 0.255 e. The normalized spacial score (nSPS) is 15.2. The van der Waals surface area contributed by atoms with Gasteiger partial charge in [-0.3, -0.25) is 4.79 Å². The molecule has 0 N–H and O–H groups in total. The Morgan fingerprint density at radius 2 is 1.73 bits per heavy atom. The Hall–Kier alpha value is -2.47. The minimum Gasteiger partial charge on any atom is -0.473 e. The van der Waals surface area contributed by atoms with Gasteiger partial charge >= 0.3 is 0 Å². The molecular weight excluding hydrogens is 394 g/mol. The number of likely N-dealkylation sites (tertiary alicyclic amines) is 1. The second kappa shape index (κ2) is 7.41. The molecule has 5 nitrogen and oxygen atoms in total. The van der Waals surface area contributed by atoms with Crippen LogP contribution in [-0.4, -0.2) is 40.0 Å². The molecule has 1 aliphatic heterocycles. The van der Waals surface area contributed by atoms with Crippen molar-refractivity contribution in [3.63, 3.8) is 0 Å². The van der Waals surface area contributed by atoms with Gasteiger partial charge in [-0.1, -0.05) is 24.3 Å². The summed E-state index contributed by atoms with van der Waals surface area (Å²) in [7, 11) is 0. The second-order valence-corrected chi connectivity index (χ2v) is 7.14. The lowest BCUT2D eigenvalue weighted by atomic mass is 10.1. The maximum absolute atomic E-state index is 12.7. The topological polar surface area (TPSA) is 55.3 Å². The Morgan fingerprint density at radius 3 is 2.50 bits per heavy atom. The predicted octanol–water partition coefficient (Wildman–Crippen LogP) is 4.08. The molecule has 6 heteroatoms. The Balaban J connectivity index is 1.38. The van der Waals surface area contributed by atoms with E-state index in [1.807, 2.05) is 53.4 Å². The average Bonchev–Trinajstić information content (AvgIpc) is 2.68. The molecule has 0 spiro atoms. The summed E-state index contributed by atoms with van der Waals surface area (Å²) in [6, 6.07) is 15.3. The predicted molar refractivity (Wildman–Crippen MR) is 103 cm³/mol. The lowest BCUT2D eigenvalue weighted by molar-refractivity contribution is 0.0587. The molecule has 0 atom stereocenters. The highest BCUT2D eigenvalue weighted by molar-refractivity contribution is 9.10. The summed E-state index contributed by atoms with van der Waals surface area (Å²) < 4.78 is 6.83. The highest BCUT2D eigenvalue weighted by atomic mass is 79.9. The molecule has 4 rings (SSSR count). The van der Waals surface area contributed by atoms with Crippen LogP contribution in [0.4, 0.5) is 0 Å². The number of rotatable bonds is 3. The summed E-state index contributed by atoms with van der Waals surface area (Å²) in [5.41, 5.74) is 2.38. The van der Waals surface area contributed by atoms with E-state index in [2.05, 4.69) is 25.9 Å². The number of nitrogens with zero attached hydrogens (tertiary/aromatic N) is 3. The van der Waals surface area contributed by atoms with E-state index in [1.54, 1.807) is 6.20 Å². The number of ether oxygens (including phenoxy) is 1. The first-order valence-electron chi connectivity index (χ1n) is 8.63. The van der Waals surface area contributed by atoms with Gasteiger partial charge in [0, 0.05) is 30.4 Å². The molecule has 3 aromatic rings. The van der Waals surface area contributed by atoms with Crippen LogP contribution in [0.1, 0.15) is 23.2 Å². The molecule has 1 amide bonds. The van der Waals surface area contributed by atoms with E-state index in [9.17, 15) is 4.79 Å². The van der Waals surface area contributed by atoms with E-state index in [0.29, 0.717) is 24.5 Å². The van der Waals surface area contributed by atoms with Crippen LogP contribution >= 0.6 is 15.9 Å². The molecule has 1 saturated heterocycles. The van der Waals surface area contributed by atoms with E-state index in [0.717, 1.165) is 28.3 Å². The van der Waals surface area contributed by atoms with Gasteiger partial charge in [-0.2, -0.15) is 0 Å². The van der Waals surface area contributed by atoms with Gasteiger partial charge in [0.1, 0.15) is 6.10 Å². The zero-order chi connectivity index (χ0) is 17.9. The summed E-state index contributed by atoms with van der Waals surface area (Å²) in [4.78, 5) is 23.4. The summed E-state index contributed by atoms with van der Waals surface area (Å²) in [5.74, 6) is 0.598. The largest absolute Gasteiger partial charge is 0.473 e. The minimum atomic E-state index is 0.0497. The van der Waals surface area contributed by atoms with Gasteiger partial charge in [-0.25, -0.2) is 9.97 Å². The molecule has 2 heterocycles. The van der Waals surface area contributed by atoms with Gasteiger partial charge in [0.05, 0.1) is 22.8 Å². The number of aromatic nitrogens is 2. The quantitative estimate of drug-likeness (QED) is 0.651. The Bertz CT molecular complexity index is 939. The molecule has 0 unspecified atom stereocenters. The van der Waals surface area contributed by atoms with Gasteiger partial charge in [-0.15, -0.1) is 0 Å². The fourth-order valence-corrected chi connectivity index (χ4v) is 3.60. The number of hydrogen-bond acceptors (Lipinski definition) is 4. The van der Waals surface area contributed by atoms with E-state index in [-0.39, 0.29) is 12.0 Å². The SMILES string of the molecule is O=C(c1ccccc1Br)N1CCC(Oc2cnc3ccccc3n2)CC1. The van der Waals surface area contributed by atoms with E-state index in [1.165, 1.54) is 0 Å². The number of hydrogen-bond donors (Lipinski definition) is 0. The van der Waals surface area contributed by atoms with Crippen molar-refractivity contribution in [2.75, 3.05) is 13.1 Å². The molecule has 1 aromatic heterocycles. The first kappa shape index (κ1) is 17.0. The lowest BCUT2D eigenvalue weighted by Gasteiger charge is -2.32. The zero-order valence-electron chi connectivity index (χ0n) is 14.1. The standard InChI is InChI=1S/C20H18BrN3O2/c21-16-6-2-1-5-15(16)20(25)24-11-9-14(10-12-24)26-19-13-22-17-7-3-4-8-18(17)23-19/h1-8,13-14H,9-12H2. The molecule has 0 aliphatic carbocycles. The molecule has 0 saturated carbocycles. The van der Waals surface area contributed by atoms with Crippen LogP contribution in [0, 0.1) is 0 Å². The lowest BCUT2D eigenvalue weighted by Crippen LogP contribution is -2.42. The van der Waals surface area contributed by atoms with Crippen molar-refractivity contribution >= 4 is 32.9 Å². The molecule has 26 heavy (non-hydrogen) atoms. The first-order valence-corrected chi connectivity index (χ1v) is 9.42. The summed E-state index contributed by atoms with van der Waals surface area (Å²) in [6.07, 6.45) is 3.28. The van der Waals surface area contributed by atoms with Gasteiger partial charge in [0.2, 0.25) is 5.88 Å². The van der Waals surface area contributed by atoms with Crippen molar-refractivity contribution in [1.82, 2.24) is 14.9 Å². The summed E-state index contributed by atoms with van der Waals surface area (Å²) >= 11 is 3.45. The van der Waals surface area contributed by atoms with Crippen molar-refractivity contribution in [1.29, 1.82) is 0 Å². The summed E-state index contributed by atoms with van der Waals surface area (Å²) in [6.45, 7) is 1.34. The molecule has 1 fully saturated rings. The first-order chi connectivity index (χ1) is 12.7. The number of piperidine rings is 1. The van der Waals surface area contributed by atoms with E-state index >= 15 is 0 Å². The number of halogens is 1. The fourth-order valence-electron chi connectivity index (χ4n) is 3.15. The molecule has 2 aromatic carbocycles. The van der Waals surface area contributed by atoms with E-state index < -0.39 is 0 Å².